The highest BCUT2D eigenvalue weighted by atomic mass is 16.5. The number of rotatable bonds is 3. The van der Waals surface area contributed by atoms with Crippen LogP contribution in [-0.2, 0) is 4.74 Å². The summed E-state index contributed by atoms with van der Waals surface area (Å²) in [6.45, 7) is 0. The number of ether oxygens (including phenoxy) is 2. The van der Waals surface area contributed by atoms with E-state index in [4.69, 9.17) is 4.74 Å². The molecule has 0 aliphatic heterocycles. The van der Waals surface area contributed by atoms with E-state index in [9.17, 15) is 4.79 Å². The van der Waals surface area contributed by atoms with Crippen LogP contribution in [0.5, 0.6) is 5.75 Å². The standard InChI is InChI=1S/C14H13NO3/c1-17-13-8-10(14(16)18-2)5-6-12(13)11-4-3-7-15-9-11/h3-9H,1-2H3. The zero-order valence-corrected chi connectivity index (χ0v) is 10.2. The lowest BCUT2D eigenvalue weighted by Crippen LogP contribution is -2.01. The monoisotopic (exact) mass is 243 g/mol. The number of nitrogens with zero attached hydrogens (tertiary/aromatic N) is 1. The van der Waals surface area contributed by atoms with Crippen LogP contribution >= 0.6 is 0 Å². The molecular weight excluding hydrogens is 230 g/mol. The van der Waals surface area contributed by atoms with E-state index in [0.29, 0.717) is 11.3 Å². The Bertz CT molecular complexity index is 552. The molecule has 0 fully saturated rings. The van der Waals surface area contributed by atoms with Gasteiger partial charge in [-0.25, -0.2) is 4.79 Å². The molecule has 1 aromatic heterocycles. The van der Waals surface area contributed by atoms with E-state index >= 15 is 0 Å². The Morgan fingerprint density at radius 2 is 2.06 bits per heavy atom. The van der Waals surface area contributed by atoms with E-state index in [2.05, 4.69) is 9.72 Å². The molecule has 0 amide bonds. The fraction of sp³-hybridized carbons (Fsp3) is 0.143. The number of methoxy groups -OCH3 is 2. The van der Waals surface area contributed by atoms with Crippen LogP contribution in [0, 0.1) is 0 Å². The van der Waals surface area contributed by atoms with Crippen LogP contribution in [0.25, 0.3) is 11.1 Å². The SMILES string of the molecule is COC(=O)c1ccc(-c2cccnc2)c(OC)c1. The summed E-state index contributed by atoms with van der Waals surface area (Å²) in [7, 11) is 2.92. The Balaban J connectivity index is 2.47. The fourth-order valence-corrected chi connectivity index (χ4v) is 1.70. The van der Waals surface area contributed by atoms with Crippen LogP contribution in [0.3, 0.4) is 0 Å². The number of pyridine rings is 1. The molecule has 1 heterocycles. The highest BCUT2D eigenvalue weighted by molar-refractivity contribution is 5.91. The number of carbonyl (C=O) groups is 1. The van der Waals surface area contributed by atoms with Crippen molar-refractivity contribution in [1.82, 2.24) is 4.98 Å². The molecule has 0 spiro atoms. The molecule has 0 saturated carbocycles. The van der Waals surface area contributed by atoms with Crippen LogP contribution in [-0.4, -0.2) is 25.2 Å². The minimum absolute atomic E-state index is 0.383. The topological polar surface area (TPSA) is 48.4 Å². The molecule has 1 aromatic carbocycles. The van der Waals surface area contributed by atoms with E-state index in [1.807, 2.05) is 18.2 Å². The molecule has 0 aliphatic rings. The van der Waals surface area contributed by atoms with E-state index in [1.165, 1.54) is 7.11 Å². The van der Waals surface area contributed by atoms with Crippen molar-refractivity contribution >= 4 is 5.97 Å². The number of esters is 1. The van der Waals surface area contributed by atoms with Gasteiger partial charge < -0.3 is 9.47 Å². The van der Waals surface area contributed by atoms with E-state index in [-0.39, 0.29) is 5.97 Å². The second-order valence-corrected chi connectivity index (χ2v) is 3.65. The van der Waals surface area contributed by atoms with Gasteiger partial charge >= 0.3 is 5.97 Å². The van der Waals surface area contributed by atoms with Crippen molar-refractivity contribution in [3.05, 3.63) is 48.3 Å². The summed E-state index contributed by atoms with van der Waals surface area (Å²) in [6.07, 6.45) is 3.45. The molecule has 0 saturated heterocycles. The minimum Gasteiger partial charge on any atom is -0.496 e. The van der Waals surface area contributed by atoms with Gasteiger partial charge in [0.05, 0.1) is 19.8 Å². The Kier molecular flexibility index (Phi) is 3.57. The average Bonchev–Trinajstić information content (AvgIpc) is 2.46. The number of carbonyl (C=O) groups excluding carboxylic acids is 1. The molecule has 2 rings (SSSR count). The van der Waals surface area contributed by atoms with Crippen molar-refractivity contribution in [1.29, 1.82) is 0 Å². The maximum absolute atomic E-state index is 11.4. The molecule has 2 aromatic rings. The van der Waals surface area contributed by atoms with Crippen molar-refractivity contribution in [2.75, 3.05) is 14.2 Å². The van der Waals surface area contributed by atoms with Crippen molar-refractivity contribution in [2.45, 2.75) is 0 Å². The van der Waals surface area contributed by atoms with Crippen molar-refractivity contribution in [2.24, 2.45) is 0 Å². The number of aromatic nitrogens is 1. The van der Waals surface area contributed by atoms with Crippen LogP contribution in [0.4, 0.5) is 0 Å². The molecule has 0 unspecified atom stereocenters. The first-order chi connectivity index (χ1) is 8.76. The number of hydrogen-bond donors (Lipinski definition) is 0. The third kappa shape index (κ3) is 2.32. The highest BCUT2D eigenvalue weighted by Gasteiger charge is 2.11. The van der Waals surface area contributed by atoms with Crippen LogP contribution < -0.4 is 4.74 Å². The Hall–Kier alpha value is -2.36. The summed E-state index contributed by atoms with van der Waals surface area (Å²) in [6, 6.07) is 8.97. The predicted molar refractivity (Wildman–Crippen MR) is 67.6 cm³/mol. The molecule has 0 atom stereocenters. The van der Waals surface area contributed by atoms with Gasteiger partial charge in [-0.2, -0.15) is 0 Å². The summed E-state index contributed by atoms with van der Waals surface area (Å²) in [5.74, 6) is 0.233. The molecular formula is C14H13NO3. The largest absolute Gasteiger partial charge is 0.496 e. The fourth-order valence-electron chi connectivity index (χ4n) is 1.70. The van der Waals surface area contributed by atoms with Gasteiger partial charge in [0.15, 0.2) is 0 Å². The molecule has 0 radical (unpaired) electrons. The van der Waals surface area contributed by atoms with Gasteiger partial charge in [0.1, 0.15) is 5.75 Å². The molecule has 4 heteroatoms. The third-order valence-electron chi connectivity index (χ3n) is 2.60. The van der Waals surface area contributed by atoms with Crippen LogP contribution in [0.2, 0.25) is 0 Å². The van der Waals surface area contributed by atoms with E-state index in [0.717, 1.165) is 11.1 Å². The van der Waals surface area contributed by atoms with Gasteiger partial charge in [0, 0.05) is 23.5 Å². The third-order valence-corrected chi connectivity index (χ3v) is 2.60. The minimum atomic E-state index is -0.383. The summed E-state index contributed by atoms with van der Waals surface area (Å²) in [5.41, 5.74) is 2.28. The molecule has 0 bridgehead atoms. The number of benzene rings is 1. The lowest BCUT2D eigenvalue weighted by Gasteiger charge is -2.09. The molecule has 4 nitrogen and oxygen atoms in total. The maximum atomic E-state index is 11.4. The highest BCUT2D eigenvalue weighted by Crippen LogP contribution is 2.30. The van der Waals surface area contributed by atoms with Gasteiger partial charge in [-0.1, -0.05) is 6.07 Å². The maximum Gasteiger partial charge on any atom is 0.337 e. The van der Waals surface area contributed by atoms with Crippen molar-refractivity contribution < 1.29 is 14.3 Å². The average molecular weight is 243 g/mol. The molecule has 18 heavy (non-hydrogen) atoms. The van der Waals surface area contributed by atoms with Gasteiger partial charge in [0.2, 0.25) is 0 Å². The quantitative estimate of drug-likeness (QED) is 0.777. The Morgan fingerprint density at radius 1 is 1.22 bits per heavy atom. The van der Waals surface area contributed by atoms with E-state index < -0.39 is 0 Å². The van der Waals surface area contributed by atoms with Crippen molar-refractivity contribution in [3.63, 3.8) is 0 Å². The molecule has 0 N–H and O–H groups in total. The summed E-state index contributed by atoms with van der Waals surface area (Å²) in [5, 5.41) is 0. The Morgan fingerprint density at radius 3 is 2.67 bits per heavy atom. The van der Waals surface area contributed by atoms with Crippen LogP contribution in [0.1, 0.15) is 10.4 Å². The Labute approximate surface area is 105 Å². The van der Waals surface area contributed by atoms with Crippen molar-refractivity contribution in [3.8, 4) is 16.9 Å². The van der Waals surface area contributed by atoms with Gasteiger partial charge in [0.25, 0.3) is 0 Å². The zero-order chi connectivity index (χ0) is 13.0. The summed E-state index contributed by atoms with van der Waals surface area (Å²) < 4.78 is 9.97. The smallest absolute Gasteiger partial charge is 0.337 e. The predicted octanol–water partition coefficient (Wildman–Crippen LogP) is 2.54. The van der Waals surface area contributed by atoms with E-state index in [1.54, 1.807) is 31.6 Å². The second kappa shape index (κ2) is 5.31. The first-order valence-corrected chi connectivity index (χ1v) is 5.43. The zero-order valence-electron chi connectivity index (χ0n) is 10.2. The summed E-state index contributed by atoms with van der Waals surface area (Å²) >= 11 is 0. The van der Waals surface area contributed by atoms with Gasteiger partial charge in [-0.3, -0.25) is 4.98 Å². The van der Waals surface area contributed by atoms with Crippen LogP contribution in [0.15, 0.2) is 42.7 Å². The lowest BCUT2D eigenvalue weighted by atomic mass is 10.0. The summed E-state index contributed by atoms with van der Waals surface area (Å²) in [4.78, 5) is 15.5. The normalized spacial score (nSPS) is 9.89. The molecule has 92 valence electrons. The second-order valence-electron chi connectivity index (χ2n) is 3.65. The first-order valence-electron chi connectivity index (χ1n) is 5.43. The van der Waals surface area contributed by atoms with Gasteiger partial charge in [-0.05, 0) is 24.3 Å². The first kappa shape index (κ1) is 12.1. The number of hydrogen-bond acceptors (Lipinski definition) is 4. The lowest BCUT2D eigenvalue weighted by molar-refractivity contribution is 0.0600. The van der Waals surface area contributed by atoms with Gasteiger partial charge in [-0.15, -0.1) is 0 Å². The molecule has 0 aliphatic carbocycles.